The normalized spacial score (nSPS) is 27.7. The first kappa shape index (κ1) is 16.3. The molecule has 0 aromatic carbocycles. The van der Waals surface area contributed by atoms with Gasteiger partial charge in [-0.3, -0.25) is 0 Å². The molecular weight excluding hydrogens is 348 g/mol. The number of nitrogens with zero attached hydrogens (tertiary/aromatic N) is 2. The van der Waals surface area contributed by atoms with E-state index in [2.05, 4.69) is 5.16 Å². The molecule has 0 saturated carbocycles. The molecule has 0 radical (unpaired) electrons. The van der Waals surface area contributed by atoms with Crippen LogP contribution in [0.25, 0.3) is 10.4 Å². The summed E-state index contributed by atoms with van der Waals surface area (Å²) in [5.74, 6) is 0.694. The summed E-state index contributed by atoms with van der Waals surface area (Å²) in [5, 5.41) is 13.8. The van der Waals surface area contributed by atoms with Crippen molar-refractivity contribution in [3.63, 3.8) is 0 Å². The van der Waals surface area contributed by atoms with Gasteiger partial charge >= 0.3 is 0 Å². The van der Waals surface area contributed by atoms with E-state index >= 15 is 0 Å². The molecule has 24 heavy (non-hydrogen) atoms. The van der Waals surface area contributed by atoms with E-state index in [1.54, 1.807) is 10.4 Å². The fourth-order valence-electron chi connectivity index (χ4n) is 4.03. The summed E-state index contributed by atoms with van der Waals surface area (Å²) in [6.07, 6.45) is 2.37. The van der Waals surface area contributed by atoms with Gasteiger partial charge in [0.1, 0.15) is 9.97 Å². The van der Waals surface area contributed by atoms with Gasteiger partial charge in [-0.25, -0.2) is 8.42 Å². The van der Waals surface area contributed by atoms with Crippen molar-refractivity contribution in [3.8, 4) is 10.4 Å². The third-order valence-corrected chi connectivity index (χ3v) is 8.61. The number of aromatic nitrogens is 1. The van der Waals surface area contributed by atoms with Crippen LogP contribution in [0.3, 0.4) is 0 Å². The number of aliphatic hydroxyl groups excluding tert-OH is 1. The van der Waals surface area contributed by atoms with Gasteiger partial charge in [0, 0.05) is 17.0 Å². The van der Waals surface area contributed by atoms with Gasteiger partial charge in [-0.2, -0.15) is 4.31 Å². The molecule has 8 heteroatoms. The number of piperidine rings is 1. The maximum absolute atomic E-state index is 13.1. The Morgan fingerprint density at radius 1 is 1.25 bits per heavy atom. The largest absolute Gasteiger partial charge is 0.393 e. The van der Waals surface area contributed by atoms with E-state index in [1.807, 2.05) is 19.9 Å². The van der Waals surface area contributed by atoms with Gasteiger partial charge in [-0.1, -0.05) is 5.16 Å². The van der Waals surface area contributed by atoms with E-state index in [1.165, 1.54) is 11.3 Å². The van der Waals surface area contributed by atoms with Crippen LogP contribution in [0.15, 0.2) is 20.9 Å². The zero-order valence-corrected chi connectivity index (χ0v) is 15.2. The second-order valence-corrected chi connectivity index (χ2v) is 9.82. The van der Waals surface area contributed by atoms with Crippen LogP contribution in [0.5, 0.6) is 0 Å². The lowest BCUT2D eigenvalue weighted by atomic mass is 10.0. The molecule has 2 aromatic rings. The Bertz CT molecular complexity index is 837. The van der Waals surface area contributed by atoms with Gasteiger partial charge in [-0.05, 0) is 51.7 Å². The Labute approximate surface area is 145 Å². The summed E-state index contributed by atoms with van der Waals surface area (Å²) < 4.78 is 33.4. The fraction of sp³-hybridized carbons (Fsp3) is 0.562. The fourth-order valence-corrected chi connectivity index (χ4v) is 7.48. The Morgan fingerprint density at radius 2 is 1.92 bits per heavy atom. The molecule has 2 aliphatic heterocycles. The number of rotatable bonds is 3. The van der Waals surface area contributed by atoms with Gasteiger partial charge in [0.2, 0.25) is 0 Å². The molecule has 2 saturated heterocycles. The summed E-state index contributed by atoms with van der Waals surface area (Å²) in [6.45, 7) is 3.68. The molecule has 2 atom stereocenters. The van der Waals surface area contributed by atoms with Crippen LogP contribution in [0.1, 0.15) is 37.1 Å². The second-order valence-electron chi connectivity index (χ2n) is 6.66. The number of hydrogen-bond acceptors (Lipinski definition) is 6. The highest BCUT2D eigenvalue weighted by Crippen LogP contribution is 2.42. The van der Waals surface area contributed by atoms with Crippen LogP contribution in [0, 0.1) is 13.8 Å². The van der Waals surface area contributed by atoms with Crippen LogP contribution < -0.4 is 0 Å². The first-order valence-corrected chi connectivity index (χ1v) is 10.4. The van der Waals surface area contributed by atoms with E-state index in [9.17, 15) is 13.5 Å². The lowest BCUT2D eigenvalue weighted by Crippen LogP contribution is -2.47. The zero-order valence-electron chi connectivity index (χ0n) is 13.6. The molecule has 4 rings (SSSR count). The van der Waals surface area contributed by atoms with Crippen molar-refractivity contribution >= 4 is 21.4 Å². The van der Waals surface area contributed by atoms with E-state index in [4.69, 9.17) is 4.52 Å². The average molecular weight is 368 g/mol. The predicted molar refractivity (Wildman–Crippen MR) is 90.4 cm³/mol. The standard InChI is InChI=1S/C16H20N2O4S2/c1-9-16(10(2)22-17-9)14-5-6-15(23-14)24(20,21)18-11-3-4-12(18)8-13(19)7-11/h5-6,11-13,19H,3-4,7-8H2,1-2H3. The highest BCUT2D eigenvalue weighted by Gasteiger charge is 2.47. The number of fused-ring (bicyclic) bond motifs is 2. The second kappa shape index (κ2) is 5.66. The third kappa shape index (κ3) is 2.44. The number of aryl methyl sites for hydroxylation is 2. The van der Waals surface area contributed by atoms with Crippen LogP contribution in [-0.2, 0) is 10.0 Å². The smallest absolute Gasteiger partial charge is 0.253 e. The van der Waals surface area contributed by atoms with E-state index < -0.39 is 10.0 Å². The molecule has 2 bridgehead atoms. The maximum atomic E-state index is 13.1. The van der Waals surface area contributed by atoms with E-state index in [0.29, 0.717) is 22.8 Å². The topological polar surface area (TPSA) is 83.6 Å². The van der Waals surface area contributed by atoms with Crippen molar-refractivity contribution in [2.75, 3.05) is 0 Å². The number of hydrogen-bond donors (Lipinski definition) is 1. The van der Waals surface area contributed by atoms with Crippen molar-refractivity contribution in [3.05, 3.63) is 23.6 Å². The Kier molecular flexibility index (Phi) is 3.83. The van der Waals surface area contributed by atoms with Crippen LogP contribution >= 0.6 is 11.3 Å². The highest BCUT2D eigenvalue weighted by atomic mass is 32.2. The zero-order chi connectivity index (χ0) is 17.1. The third-order valence-electron chi connectivity index (χ3n) is 5.03. The monoisotopic (exact) mass is 368 g/mol. The molecular formula is C16H20N2O4S2. The molecule has 2 aliphatic rings. The summed E-state index contributed by atoms with van der Waals surface area (Å²) in [5.41, 5.74) is 1.64. The Morgan fingerprint density at radius 3 is 2.50 bits per heavy atom. The number of thiophene rings is 1. The SMILES string of the molecule is Cc1noc(C)c1-c1ccc(S(=O)(=O)N2C3CCC2CC(O)C3)s1. The molecule has 2 aromatic heterocycles. The van der Waals surface area contributed by atoms with Gasteiger partial charge in [0.25, 0.3) is 10.0 Å². The van der Waals surface area contributed by atoms with Crippen molar-refractivity contribution < 1.29 is 18.0 Å². The van der Waals surface area contributed by atoms with E-state index in [0.717, 1.165) is 29.0 Å². The Balaban J connectivity index is 1.69. The Hall–Kier alpha value is -1.22. The molecule has 4 heterocycles. The lowest BCUT2D eigenvalue weighted by molar-refractivity contribution is 0.0769. The summed E-state index contributed by atoms with van der Waals surface area (Å²) >= 11 is 1.26. The minimum Gasteiger partial charge on any atom is -0.393 e. The molecule has 130 valence electrons. The number of sulfonamides is 1. The first-order valence-electron chi connectivity index (χ1n) is 8.12. The quantitative estimate of drug-likeness (QED) is 0.900. The van der Waals surface area contributed by atoms with Crippen LogP contribution in [0.4, 0.5) is 0 Å². The van der Waals surface area contributed by atoms with Crippen molar-refractivity contribution in [2.24, 2.45) is 0 Å². The van der Waals surface area contributed by atoms with Crippen molar-refractivity contribution in [1.82, 2.24) is 9.46 Å². The van der Waals surface area contributed by atoms with Gasteiger partial charge in [-0.15, -0.1) is 11.3 Å². The maximum Gasteiger partial charge on any atom is 0.253 e. The van der Waals surface area contributed by atoms with Gasteiger partial charge in [0.05, 0.1) is 17.4 Å². The summed E-state index contributed by atoms with van der Waals surface area (Å²) in [4.78, 5) is 0.856. The molecule has 1 N–H and O–H groups in total. The highest BCUT2D eigenvalue weighted by molar-refractivity contribution is 7.91. The molecule has 0 amide bonds. The minimum atomic E-state index is -3.53. The van der Waals surface area contributed by atoms with Crippen LogP contribution in [0.2, 0.25) is 0 Å². The van der Waals surface area contributed by atoms with Crippen molar-refractivity contribution in [1.29, 1.82) is 0 Å². The molecule has 2 unspecified atom stereocenters. The number of aliphatic hydroxyl groups is 1. The molecule has 2 fully saturated rings. The average Bonchev–Trinajstić information content (AvgIpc) is 3.18. The summed E-state index contributed by atoms with van der Waals surface area (Å²) in [6, 6.07) is 3.35. The molecule has 0 spiro atoms. The first-order chi connectivity index (χ1) is 11.4. The van der Waals surface area contributed by atoms with Gasteiger partial charge in [0.15, 0.2) is 0 Å². The van der Waals surface area contributed by atoms with E-state index in [-0.39, 0.29) is 18.2 Å². The van der Waals surface area contributed by atoms with Crippen LogP contribution in [-0.4, -0.2) is 41.2 Å². The predicted octanol–water partition coefficient (Wildman–Crippen LogP) is 2.70. The lowest BCUT2D eigenvalue weighted by Gasteiger charge is -2.35. The molecule has 0 aliphatic carbocycles. The minimum absolute atomic E-state index is 0.0756. The van der Waals surface area contributed by atoms with Crippen molar-refractivity contribution in [2.45, 2.75) is 61.9 Å². The summed E-state index contributed by atoms with van der Waals surface area (Å²) in [7, 11) is -3.53. The molecule has 6 nitrogen and oxygen atoms in total. The van der Waals surface area contributed by atoms with Gasteiger partial charge < -0.3 is 9.63 Å².